The van der Waals surface area contributed by atoms with Crippen molar-refractivity contribution in [1.29, 1.82) is 0 Å². The maximum absolute atomic E-state index is 5.49. The average molecular weight is 327 g/mol. The Balaban J connectivity index is 1.72. The van der Waals surface area contributed by atoms with Crippen molar-refractivity contribution in [2.45, 2.75) is 13.5 Å². The van der Waals surface area contributed by atoms with Crippen LogP contribution in [0.3, 0.4) is 0 Å². The van der Waals surface area contributed by atoms with Gasteiger partial charge in [-0.15, -0.1) is 0 Å². The number of nitrogens with one attached hydrogen (secondary N) is 1. The first-order valence-corrected chi connectivity index (χ1v) is 8.04. The molecule has 23 heavy (non-hydrogen) atoms. The number of para-hydroxylation sites is 1. The smallest absolute Gasteiger partial charge is 0.175 e. The van der Waals surface area contributed by atoms with Gasteiger partial charge in [0.2, 0.25) is 0 Å². The zero-order valence-corrected chi connectivity index (χ0v) is 14.3. The summed E-state index contributed by atoms with van der Waals surface area (Å²) in [7, 11) is 1.69. The molecule has 1 saturated heterocycles. The van der Waals surface area contributed by atoms with Crippen LogP contribution in [-0.2, 0) is 6.54 Å². The Bertz CT molecular complexity index is 687. The molecule has 3 rings (SSSR count). The van der Waals surface area contributed by atoms with E-state index in [0.717, 1.165) is 36.4 Å². The molecule has 1 aliphatic rings. The van der Waals surface area contributed by atoms with Crippen LogP contribution in [0.5, 0.6) is 5.75 Å². The molecule has 1 N–H and O–H groups in total. The lowest BCUT2D eigenvalue weighted by molar-refractivity contribution is 0.252. The quantitative estimate of drug-likeness (QED) is 0.871. The lowest BCUT2D eigenvalue weighted by atomic mass is 10.2. The summed E-state index contributed by atoms with van der Waals surface area (Å²) in [5, 5.41) is 4.09. The Hall–Kier alpha value is -2.11. The predicted molar refractivity (Wildman–Crippen MR) is 97.7 cm³/mol. The topological polar surface area (TPSA) is 27.7 Å². The number of methoxy groups -OCH3 is 1. The Morgan fingerprint density at radius 3 is 2.57 bits per heavy atom. The summed E-state index contributed by atoms with van der Waals surface area (Å²) in [4.78, 5) is 4.47. The highest BCUT2D eigenvalue weighted by molar-refractivity contribution is 7.80. The highest BCUT2D eigenvalue weighted by atomic mass is 32.1. The molecule has 2 aromatic rings. The van der Waals surface area contributed by atoms with Gasteiger partial charge in [0, 0.05) is 12.2 Å². The van der Waals surface area contributed by atoms with Crippen molar-refractivity contribution in [3.05, 3.63) is 59.7 Å². The van der Waals surface area contributed by atoms with Crippen LogP contribution in [0.1, 0.15) is 11.1 Å². The molecule has 2 aromatic carbocycles. The fraction of sp³-hybridized carbons (Fsp3) is 0.278. The first-order chi connectivity index (χ1) is 11.2. The summed E-state index contributed by atoms with van der Waals surface area (Å²) in [6, 6.07) is 16.5. The molecule has 0 bridgehead atoms. The predicted octanol–water partition coefficient (Wildman–Crippen LogP) is 3.12. The Kier molecular flexibility index (Phi) is 4.79. The van der Waals surface area contributed by atoms with E-state index in [1.807, 2.05) is 24.3 Å². The Morgan fingerprint density at radius 2 is 1.87 bits per heavy atom. The lowest BCUT2D eigenvalue weighted by Crippen LogP contribution is -2.56. The maximum Gasteiger partial charge on any atom is 0.175 e. The first kappa shape index (κ1) is 15.8. The standard InChI is InChI=1S/C18H21N3OS/c1-14-5-3-4-6-17(14)21-13-20(12-19-18(21)23)11-15-7-9-16(22-2)10-8-15/h3-10H,11-13H2,1-2H3,(H,19,23). The molecule has 0 aliphatic carbocycles. The second-order valence-corrected chi connectivity index (χ2v) is 6.06. The third kappa shape index (κ3) is 3.63. The number of anilines is 1. The van der Waals surface area contributed by atoms with Gasteiger partial charge in [-0.3, -0.25) is 4.90 Å². The molecule has 120 valence electrons. The van der Waals surface area contributed by atoms with E-state index < -0.39 is 0 Å². The molecule has 4 nitrogen and oxygen atoms in total. The molecule has 0 amide bonds. The third-order valence-electron chi connectivity index (χ3n) is 4.01. The number of nitrogens with zero attached hydrogens (tertiary/aromatic N) is 2. The number of ether oxygens (including phenoxy) is 1. The van der Waals surface area contributed by atoms with Gasteiger partial charge < -0.3 is 15.0 Å². The second kappa shape index (κ2) is 6.98. The fourth-order valence-electron chi connectivity index (χ4n) is 2.74. The Morgan fingerprint density at radius 1 is 1.13 bits per heavy atom. The van der Waals surface area contributed by atoms with E-state index in [2.05, 4.69) is 46.3 Å². The third-order valence-corrected chi connectivity index (χ3v) is 4.38. The van der Waals surface area contributed by atoms with E-state index in [0.29, 0.717) is 0 Å². The molecular formula is C18H21N3OS. The molecule has 0 radical (unpaired) electrons. The summed E-state index contributed by atoms with van der Waals surface area (Å²) in [6.07, 6.45) is 0. The lowest BCUT2D eigenvalue weighted by Gasteiger charge is -2.38. The van der Waals surface area contributed by atoms with Crippen LogP contribution in [0.4, 0.5) is 5.69 Å². The largest absolute Gasteiger partial charge is 0.497 e. The van der Waals surface area contributed by atoms with Crippen molar-refractivity contribution in [2.24, 2.45) is 0 Å². The van der Waals surface area contributed by atoms with Gasteiger partial charge in [-0.1, -0.05) is 30.3 Å². The zero-order valence-electron chi connectivity index (χ0n) is 13.5. The number of hydrogen-bond donors (Lipinski definition) is 1. The van der Waals surface area contributed by atoms with Crippen molar-refractivity contribution in [1.82, 2.24) is 10.2 Å². The molecule has 0 unspecified atom stereocenters. The van der Waals surface area contributed by atoms with Crippen LogP contribution < -0.4 is 15.0 Å². The zero-order chi connectivity index (χ0) is 16.2. The number of hydrogen-bond acceptors (Lipinski definition) is 3. The molecule has 0 saturated carbocycles. The molecule has 0 spiro atoms. The fourth-order valence-corrected chi connectivity index (χ4v) is 2.96. The van der Waals surface area contributed by atoms with E-state index in [1.165, 1.54) is 11.1 Å². The monoisotopic (exact) mass is 327 g/mol. The summed E-state index contributed by atoms with van der Waals surface area (Å²) in [6.45, 7) is 4.51. The van der Waals surface area contributed by atoms with Gasteiger partial charge in [0.05, 0.1) is 20.4 Å². The highest BCUT2D eigenvalue weighted by Crippen LogP contribution is 2.22. The summed E-state index contributed by atoms with van der Waals surface area (Å²) < 4.78 is 5.21. The van der Waals surface area contributed by atoms with Gasteiger partial charge in [0.25, 0.3) is 0 Å². The number of aryl methyl sites for hydroxylation is 1. The van der Waals surface area contributed by atoms with E-state index in [4.69, 9.17) is 17.0 Å². The number of benzene rings is 2. The number of thiocarbonyl (C=S) groups is 1. The molecular weight excluding hydrogens is 306 g/mol. The average Bonchev–Trinajstić information content (AvgIpc) is 2.58. The summed E-state index contributed by atoms with van der Waals surface area (Å²) in [5.41, 5.74) is 3.64. The molecule has 1 fully saturated rings. The molecule has 1 aliphatic heterocycles. The van der Waals surface area contributed by atoms with Crippen molar-refractivity contribution in [3.8, 4) is 5.75 Å². The van der Waals surface area contributed by atoms with Crippen LogP contribution in [0, 0.1) is 6.92 Å². The highest BCUT2D eigenvalue weighted by Gasteiger charge is 2.22. The van der Waals surface area contributed by atoms with Crippen LogP contribution in [0.25, 0.3) is 0 Å². The van der Waals surface area contributed by atoms with E-state index in [1.54, 1.807) is 7.11 Å². The van der Waals surface area contributed by atoms with Gasteiger partial charge in [-0.2, -0.15) is 0 Å². The summed E-state index contributed by atoms with van der Waals surface area (Å²) >= 11 is 5.49. The van der Waals surface area contributed by atoms with Crippen LogP contribution in [0.15, 0.2) is 48.5 Å². The van der Waals surface area contributed by atoms with E-state index in [-0.39, 0.29) is 0 Å². The SMILES string of the molecule is COc1ccc(CN2CNC(=S)N(c3ccccc3C)C2)cc1. The second-order valence-electron chi connectivity index (χ2n) is 5.67. The van der Waals surface area contributed by atoms with Crippen LogP contribution in [0.2, 0.25) is 0 Å². The van der Waals surface area contributed by atoms with Crippen LogP contribution in [-0.4, -0.2) is 30.5 Å². The normalized spacial score (nSPS) is 15.4. The molecule has 0 atom stereocenters. The van der Waals surface area contributed by atoms with Gasteiger partial charge in [0.15, 0.2) is 5.11 Å². The van der Waals surface area contributed by atoms with Crippen molar-refractivity contribution in [2.75, 3.05) is 25.3 Å². The number of rotatable bonds is 4. The molecule has 0 aromatic heterocycles. The van der Waals surface area contributed by atoms with Gasteiger partial charge in [-0.25, -0.2) is 0 Å². The van der Waals surface area contributed by atoms with E-state index >= 15 is 0 Å². The minimum atomic E-state index is 0.757. The van der Waals surface area contributed by atoms with Crippen molar-refractivity contribution >= 4 is 23.0 Å². The van der Waals surface area contributed by atoms with Gasteiger partial charge >= 0.3 is 0 Å². The maximum atomic E-state index is 5.49. The minimum Gasteiger partial charge on any atom is -0.497 e. The molecule has 1 heterocycles. The van der Waals surface area contributed by atoms with Crippen molar-refractivity contribution < 1.29 is 4.74 Å². The summed E-state index contributed by atoms with van der Waals surface area (Å²) in [5.74, 6) is 0.883. The minimum absolute atomic E-state index is 0.757. The van der Waals surface area contributed by atoms with Gasteiger partial charge in [-0.05, 0) is 48.5 Å². The first-order valence-electron chi connectivity index (χ1n) is 7.63. The van der Waals surface area contributed by atoms with Crippen LogP contribution >= 0.6 is 12.2 Å². The van der Waals surface area contributed by atoms with Crippen molar-refractivity contribution in [3.63, 3.8) is 0 Å². The molecule has 5 heteroatoms. The van der Waals surface area contributed by atoms with Gasteiger partial charge in [0.1, 0.15) is 5.75 Å². The Labute approximate surface area is 142 Å². The van der Waals surface area contributed by atoms with E-state index in [9.17, 15) is 0 Å².